The van der Waals surface area contributed by atoms with Gasteiger partial charge in [0.15, 0.2) is 23.0 Å². The summed E-state index contributed by atoms with van der Waals surface area (Å²) in [4.78, 5) is 0. The van der Waals surface area contributed by atoms with Crippen LogP contribution in [0.3, 0.4) is 0 Å². The van der Waals surface area contributed by atoms with Gasteiger partial charge in [-0.1, -0.05) is 15.9 Å². The van der Waals surface area contributed by atoms with E-state index in [1.165, 1.54) is 5.56 Å². The van der Waals surface area contributed by atoms with Gasteiger partial charge in [-0.2, -0.15) is 0 Å². The molecule has 0 bridgehead atoms. The molecule has 3 rings (SSSR count). The number of ether oxygens (including phenoxy) is 5. The average Bonchev–Trinajstić information content (AvgIpc) is 2.68. The molecular formula is C20H23BrO5. The van der Waals surface area contributed by atoms with Gasteiger partial charge < -0.3 is 23.7 Å². The van der Waals surface area contributed by atoms with E-state index in [-0.39, 0.29) is 6.10 Å². The first-order valence-corrected chi connectivity index (χ1v) is 9.17. The summed E-state index contributed by atoms with van der Waals surface area (Å²) in [6.45, 7) is 0.679. The number of methoxy groups -OCH3 is 4. The quantitative estimate of drug-likeness (QED) is 0.692. The minimum absolute atomic E-state index is 0.0621. The maximum absolute atomic E-state index is 6.08. The minimum Gasteiger partial charge on any atom is -0.493 e. The van der Waals surface area contributed by atoms with Gasteiger partial charge in [-0.3, -0.25) is 0 Å². The van der Waals surface area contributed by atoms with E-state index in [9.17, 15) is 0 Å². The molecule has 6 heteroatoms. The second-order valence-corrected chi connectivity index (χ2v) is 6.87. The van der Waals surface area contributed by atoms with Crippen LogP contribution in [-0.2, 0) is 17.6 Å². The Bertz CT molecular complexity index is 790. The van der Waals surface area contributed by atoms with Gasteiger partial charge >= 0.3 is 0 Å². The molecule has 2 aromatic rings. The predicted octanol–water partition coefficient (Wildman–Crippen LogP) is 4.34. The Morgan fingerprint density at radius 2 is 1.46 bits per heavy atom. The lowest BCUT2D eigenvalue weighted by Crippen LogP contribution is -2.19. The smallest absolute Gasteiger partial charge is 0.161 e. The Balaban J connectivity index is 1.96. The highest BCUT2D eigenvalue weighted by atomic mass is 79.9. The fraction of sp³-hybridized carbons (Fsp3) is 0.400. The maximum atomic E-state index is 6.08. The van der Waals surface area contributed by atoms with Crippen molar-refractivity contribution in [2.45, 2.75) is 18.9 Å². The second-order valence-electron chi connectivity index (χ2n) is 6.02. The van der Waals surface area contributed by atoms with Gasteiger partial charge in [0, 0.05) is 10.9 Å². The Kier molecular flexibility index (Phi) is 5.94. The summed E-state index contributed by atoms with van der Waals surface area (Å²) >= 11 is 3.63. The lowest BCUT2D eigenvalue weighted by atomic mass is 9.92. The molecule has 0 radical (unpaired) electrons. The van der Waals surface area contributed by atoms with Gasteiger partial charge in [0.1, 0.15) is 0 Å². The van der Waals surface area contributed by atoms with Crippen LogP contribution in [-0.4, -0.2) is 35.0 Å². The molecule has 1 aliphatic rings. The van der Waals surface area contributed by atoms with E-state index < -0.39 is 0 Å². The fourth-order valence-electron chi connectivity index (χ4n) is 3.28. The van der Waals surface area contributed by atoms with Gasteiger partial charge in [-0.25, -0.2) is 0 Å². The van der Waals surface area contributed by atoms with Crippen LogP contribution in [0.2, 0.25) is 0 Å². The zero-order valence-electron chi connectivity index (χ0n) is 15.4. The maximum Gasteiger partial charge on any atom is 0.161 e. The number of hydrogen-bond acceptors (Lipinski definition) is 5. The van der Waals surface area contributed by atoms with Gasteiger partial charge in [0.2, 0.25) is 0 Å². The van der Waals surface area contributed by atoms with Crippen molar-refractivity contribution in [1.29, 1.82) is 0 Å². The number of rotatable bonds is 6. The molecule has 0 aromatic heterocycles. The highest BCUT2D eigenvalue weighted by Gasteiger charge is 2.25. The van der Waals surface area contributed by atoms with Gasteiger partial charge in [0.25, 0.3) is 0 Å². The van der Waals surface area contributed by atoms with Crippen molar-refractivity contribution in [3.63, 3.8) is 0 Å². The van der Waals surface area contributed by atoms with Crippen molar-refractivity contribution < 1.29 is 23.7 Å². The van der Waals surface area contributed by atoms with E-state index >= 15 is 0 Å². The highest BCUT2D eigenvalue weighted by Crippen LogP contribution is 2.40. The molecule has 0 saturated carbocycles. The third-order valence-electron chi connectivity index (χ3n) is 4.64. The summed E-state index contributed by atoms with van der Waals surface area (Å²) in [6.07, 6.45) is 1.51. The van der Waals surface area contributed by atoms with Crippen LogP contribution < -0.4 is 18.9 Å². The summed E-state index contributed by atoms with van der Waals surface area (Å²) < 4.78 is 28.7. The topological polar surface area (TPSA) is 46.2 Å². The van der Waals surface area contributed by atoms with Gasteiger partial charge in [-0.05, 0) is 47.4 Å². The molecular weight excluding hydrogens is 400 g/mol. The van der Waals surface area contributed by atoms with E-state index in [1.807, 2.05) is 24.3 Å². The Hall–Kier alpha value is -1.92. The lowest BCUT2D eigenvalue weighted by Gasteiger charge is -2.28. The van der Waals surface area contributed by atoms with Crippen molar-refractivity contribution >= 4 is 15.9 Å². The van der Waals surface area contributed by atoms with E-state index in [1.54, 1.807) is 28.4 Å². The standard InChI is InChI=1S/C20H23BrO5/c1-22-17-7-12-5-6-26-16(14(12)10-19(17)24-3)8-13-9-18(23-2)20(25-4)11-15(13)21/h7,9-11,16H,5-6,8H2,1-4H3. The van der Waals surface area contributed by atoms with Crippen LogP contribution in [0.15, 0.2) is 28.7 Å². The van der Waals surface area contributed by atoms with Crippen LogP contribution in [0.4, 0.5) is 0 Å². The molecule has 0 aliphatic carbocycles. The normalized spacial score (nSPS) is 16.0. The van der Waals surface area contributed by atoms with Crippen molar-refractivity contribution in [1.82, 2.24) is 0 Å². The predicted molar refractivity (Wildman–Crippen MR) is 103 cm³/mol. The molecule has 0 N–H and O–H groups in total. The molecule has 0 spiro atoms. The Morgan fingerprint density at radius 1 is 0.885 bits per heavy atom. The van der Waals surface area contributed by atoms with Gasteiger partial charge in [-0.15, -0.1) is 0 Å². The first-order chi connectivity index (χ1) is 12.6. The summed E-state index contributed by atoms with van der Waals surface area (Å²) in [5.74, 6) is 2.86. The summed E-state index contributed by atoms with van der Waals surface area (Å²) in [6, 6.07) is 7.98. The molecule has 26 heavy (non-hydrogen) atoms. The SMILES string of the molecule is COc1cc(Br)c(CC2OCCc3cc(OC)c(OC)cc32)cc1OC. The monoisotopic (exact) mass is 422 g/mol. The molecule has 1 unspecified atom stereocenters. The molecule has 5 nitrogen and oxygen atoms in total. The van der Waals surface area contributed by atoms with Crippen LogP contribution in [0.5, 0.6) is 23.0 Å². The summed E-state index contributed by atoms with van der Waals surface area (Å²) in [5, 5.41) is 0. The van der Waals surface area contributed by atoms with E-state index in [4.69, 9.17) is 23.7 Å². The van der Waals surface area contributed by atoms with E-state index in [0.29, 0.717) is 30.3 Å². The van der Waals surface area contributed by atoms with Crippen molar-refractivity contribution in [2.24, 2.45) is 0 Å². The Labute approximate surface area is 162 Å². The van der Waals surface area contributed by atoms with Crippen LogP contribution >= 0.6 is 15.9 Å². The molecule has 0 fully saturated rings. The molecule has 1 aliphatic heterocycles. The first kappa shape index (κ1) is 18.9. The molecule has 140 valence electrons. The molecule has 1 atom stereocenters. The zero-order valence-corrected chi connectivity index (χ0v) is 17.0. The summed E-state index contributed by atoms with van der Waals surface area (Å²) in [7, 11) is 6.57. The highest BCUT2D eigenvalue weighted by molar-refractivity contribution is 9.10. The van der Waals surface area contributed by atoms with Crippen molar-refractivity contribution in [3.05, 3.63) is 45.4 Å². The third-order valence-corrected chi connectivity index (χ3v) is 5.38. The lowest BCUT2D eigenvalue weighted by molar-refractivity contribution is 0.0422. The third kappa shape index (κ3) is 3.62. The molecule has 2 aromatic carbocycles. The molecule has 0 saturated heterocycles. The number of benzene rings is 2. The van der Waals surface area contributed by atoms with Gasteiger partial charge in [0.05, 0.1) is 41.2 Å². The average molecular weight is 423 g/mol. The number of hydrogen-bond donors (Lipinski definition) is 0. The Morgan fingerprint density at radius 3 is 2.12 bits per heavy atom. The molecule has 0 amide bonds. The molecule has 1 heterocycles. The van der Waals surface area contributed by atoms with Crippen molar-refractivity contribution in [3.8, 4) is 23.0 Å². The number of fused-ring (bicyclic) bond motifs is 1. The van der Waals surface area contributed by atoms with Crippen molar-refractivity contribution in [2.75, 3.05) is 35.0 Å². The zero-order chi connectivity index (χ0) is 18.7. The number of halogens is 1. The van der Waals surface area contributed by atoms with Crippen LogP contribution in [0, 0.1) is 0 Å². The van der Waals surface area contributed by atoms with E-state index in [0.717, 1.165) is 27.8 Å². The largest absolute Gasteiger partial charge is 0.493 e. The van der Waals surface area contributed by atoms with E-state index in [2.05, 4.69) is 15.9 Å². The summed E-state index contributed by atoms with van der Waals surface area (Å²) in [5.41, 5.74) is 3.46. The van der Waals surface area contributed by atoms with Crippen LogP contribution in [0.1, 0.15) is 22.8 Å². The first-order valence-electron chi connectivity index (χ1n) is 8.38. The second kappa shape index (κ2) is 8.18. The van der Waals surface area contributed by atoms with Crippen LogP contribution in [0.25, 0.3) is 0 Å². The fourth-order valence-corrected chi connectivity index (χ4v) is 3.76. The minimum atomic E-state index is -0.0621.